The van der Waals surface area contributed by atoms with E-state index < -0.39 is 0 Å². The second-order valence-electron chi connectivity index (χ2n) is 2.39. The van der Waals surface area contributed by atoms with Crippen LogP contribution in [0.4, 0.5) is 0 Å². The average molecular weight is 162 g/mol. The highest BCUT2D eigenvalue weighted by Crippen LogP contribution is 2.22. The summed E-state index contributed by atoms with van der Waals surface area (Å²) in [6.07, 6.45) is 7.64. The molecule has 0 aliphatic heterocycles. The number of hydrogen-bond donors (Lipinski definition) is 1. The zero-order valence-electron chi connectivity index (χ0n) is 7.85. The molecule has 0 N–H and O–H groups in total. The van der Waals surface area contributed by atoms with Crippen LogP contribution in [0.5, 0.6) is 0 Å². The highest BCUT2D eigenvalue weighted by molar-refractivity contribution is 7.79. The molecular formula is C9H22S. The summed E-state index contributed by atoms with van der Waals surface area (Å²) < 4.78 is 0. The fourth-order valence-electron chi connectivity index (χ4n) is 1.13. The van der Waals surface area contributed by atoms with E-state index in [9.17, 15) is 0 Å². The summed E-state index contributed by atoms with van der Waals surface area (Å²) in [6, 6.07) is 0. The van der Waals surface area contributed by atoms with E-state index in [1.807, 2.05) is 13.8 Å². The minimum absolute atomic E-state index is 1.05. The summed E-state index contributed by atoms with van der Waals surface area (Å²) in [5, 5.41) is 0. The van der Waals surface area contributed by atoms with Crippen molar-refractivity contribution in [2.45, 2.75) is 46.5 Å². The smallest absolute Gasteiger partial charge is 0.0215 e. The van der Waals surface area contributed by atoms with Crippen LogP contribution in [0.2, 0.25) is 0 Å². The Bertz CT molecular complexity index is 38.0. The Balaban J connectivity index is 0. The maximum atomic E-state index is 3.53. The van der Waals surface area contributed by atoms with E-state index in [-0.39, 0.29) is 0 Å². The predicted octanol–water partition coefficient (Wildman–Crippen LogP) is 3.77. The Hall–Kier alpha value is 0.350. The quantitative estimate of drug-likeness (QED) is 0.515. The van der Waals surface area contributed by atoms with E-state index in [1.165, 1.54) is 25.7 Å². The van der Waals surface area contributed by atoms with Crippen molar-refractivity contribution in [1.82, 2.24) is 0 Å². The molecule has 0 nitrogen and oxygen atoms in total. The molecule has 0 spiro atoms. The number of rotatable bonds is 0. The molecule has 1 heteroatoms. The molecule has 1 aliphatic carbocycles. The van der Waals surface area contributed by atoms with E-state index >= 15 is 0 Å². The average Bonchev–Trinajstić information content (AvgIpc) is 2.48. The van der Waals surface area contributed by atoms with Gasteiger partial charge in [-0.3, -0.25) is 0 Å². The first-order valence-electron chi connectivity index (χ1n) is 4.34. The van der Waals surface area contributed by atoms with Crippen LogP contribution in [0.15, 0.2) is 0 Å². The van der Waals surface area contributed by atoms with Gasteiger partial charge < -0.3 is 0 Å². The molecular weight excluding hydrogens is 140 g/mol. The maximum absolute atomic E-state index is 3.53. The monoisotopic (exact) mass is 162 g/mol. The summed E-state index contributed by atoms with van der Waals surface area (Å²) in [5.74, 6) is 1.05. The molecule has 1 fully saturated rings. The summed E-state index contributed by atoms with van der Waals surface area (Å²) in [4.78, 5) is 0. The van der Waals surface area contributed by atoms with Crippen molar-refractivity contribution < 1.29 is 0 Å². The van der Waals surface area contributed by atoms with Crippen molar-refractivity contribution in [3.05, 3.63) is 0 Å². The van der Waals surface area contributed by atoms with E-state index in [0.717, 1.165) is 5.92 Å². The van der Waals surface area contributed by atoms with Crippen molar-refractivity contribution in [1.29, 1.82) is 0 Å². The van der Waals surface area contributed by atoms with Crippen molar-refractivity contribution in [2.75, 3.05) is 6.26 Å². The minimum Gasteiger partial charge on any atom is -0.183 e. The normalized spacial score (nSPS) is 16.5. The van der Waals surface area contributed by atoms with E-state index in [0.29, 0.717) is 0 Å². The topological polar surface area (TPSA) is 0 Å². The van der Waals surface area contributed by atoms with E-state index in [1.54, 1.807) is 6.26 Å². The molecule has 0 aromatic rings. The second-order valence-corrected chi connectivity index (χ2v) is 2.39. The zero-order valence-corrected chi connectivity index (χ0v) is 8.75. The molecule has 64 valence electrons. The first kappa shape index (κ1) is 13.0. The van der Waals surface area contributed by atoms with Gasteiger partial charge in [-0.05, 0) is 12.2 Å². The molecule has 0 bridgehead atoms. The van der Waals surface area contributed by atoms with Gasteiger partial charge in [-0.25, -0.2) is 0 Å². The number of thiol groups is 1. The van der Waals surface area contributed by atoms with Gasteiger partial charge in [-0.15, -0.1) is 0 Å². The molecule has 0 radical (unpaired) electrons. The highest BCUT2D eigenvalue weighted by Gasteiger charge is 2.07. The Labute approximate surface area is 71.8 Å². The standard InChI is InChI=1S/C6H12.C2H6.CH4S/c1-6-4-2-3-5-6;2*1-2/h6H,2-5H2,1H3;1-2H3;2H,1H3. The molecule has 0 atom stereocenters. The van der Waals surface area contributed by atoms with Crippen molar-refractivity contribution in [3.8, 4) is 0 Å². The molecule has 0 amide bonds. The molecule has 0 aromatic heterocycles. The Morgan fingerprint density at radius 2 is 1.30 bits per heavy atom. The van der Waals surface area contributed by atoms with Gasteiger partial charge in [0.25, 0.3) is 0 Å². The van der Waals surface area contributed by atoms with E-state index in [2.05, 4.69) is 19.6 Å². The van der Waals surface area contributed by atoms with Gasteiger partial charge in [0.15, 0.2) is 0 Å². The lowest BCUT2D eigenvalue weighted by molar-refractivity contribution is 0.612. The van der Waals surface area contributed by atoms with Gasteiger partial charge in [0, 0.05) is 0 Å². The summed E-state index contributed by atoms with van der Waals surface area (Å²) >= 11 is 3.53. The van der Waals surface area contributed by atoms with Gasteiger partial charge in [0.1, 0.15) is 0 Å². The van der Waals surface area contributed by atoms with Crippen LogP contribution in [0.3, 0.4) is 0 Å². The number of hydrogen-bond acceptors (Lipinski definition) is 1. The molecule has 1 aliphatic rings. The van der Waals surface area contributed by atoms with Crippen molar-refractivity contribution in [2.24, 2.45) is 5.92 Å². The van der Waals surface area contributed by atoms with E-state index in [4.69, 9.17) is 0 Å². The fourth-order valence-corrected chi connectivity index (χ4v) is 1.13. The Kier molecular flexibility index (Phi) is 15.7. The maximum Gasteiger partial charge on any atom is -0.0215 e. The molecule has 0 unspecified atom stereocenters. The lowest BCUT2D eigenvalue weighted by atomic mass is 10.2. The molecule has 0 heterocycles. The summed E-state index contributed by atoms with van der Waals surface area (Å²) in [7, 11) is 0. The molecule has 1 rings (SSSR count). The van der Waals surface area contributed by atoms with Gasteiger partial charge in [0.2, 0.25) is 0 Å². The lowest BCUT2D eigenvalue weighted by Crippen LogP contribution is -1.78. The van der Waals surface area contributed by atoms with Crippen LogP contribution >= 0.6 is 12.6 Å². The van der Waals surface area contributed by atoms with Crippen LogP contribution in [-0.4, -0.2) is 6.26 Å². The van der Waals surface area contributed by atoms with Crippen LogP contribution in [0, 0.1) is 5.92 Å². The van der Waals surface area contributed by atoms with Crippen molar-refractivity contribution >= 4 is 12.6 Å². The van der Waals surface area contributed by atoms with Gasteiger partial charge in [-0.1, -0.05) is 46.5 Å². The summed E-state index contributed by atoms with van der Waals surface area (Å²) in [6.45, 7) is 6.34. The third-order valence-electron chi connectivity index (χ3n) is 1.64. The first-order chi connectivity index (χ1) is 4.89. The van der Waals surface area contributed by atoms with Crippen molar-refractivity contribution in [3.63, 3.8) is 0 Å². The van der Waals surface area contributed by atoms with Gasteiger partial charge in [-0.2, -0.15) is 12.6 Å². The van der Waals surface area contributed by atoms with Gasteiger partial charge >= 0.3 is 0 Å². The predicted molar refractivity (Wildman–Crippen MR) is 53.9 cm³/mol. The third kappa shape index (κ3) is 8.35. The second kappa shape index (κ2) is 12.1. The lowest BCUT2D eigenvalue weighted by Gasteiger charge is -1.91. The zero-order chi connectivity index (χ0) is 8.41. The third-order valence-corrected chi connectivity index (χ3v) is 1.64. The minimum atomic E-state index is 1.05. The summed E-state index contributed by atoms with van der Waals surface area (Å²) in [5.41, 5.74) is 0. The van der Waals surface area contributed by atoms with Crippen LogP contribution in [0.1, 0.15) is 46.5 Å². The van der Waals surface area contributed by atoms with Gasteiger partial charge in [0.05, 0.1) is 0 Å². The van der Waals surface area contributed by atoms with Crippen LogP contribution in [-0.2, 0) is 0 Å². The molecule has 0 aromatic carbocycles. The van der Waals surface area contributed by atoms with Crippen LogP contribution in [0.25, 0.3) is 0 Å². The molecule has 1 saturated carbocycles. The largest absolute Gasteiger partial charge is 0.183 e. The first-order valence-corrected chi connectivity index (χ1v) is 5.24. The Morgan fingerprint density at radius 3 is 1.40 bits per heavy atom. The van der Waals surface area contributed by atoms with Crippen LogP contribution < -0.4 is 0 Å². The fraction of sp³-hybridized carbons (Fsp3) is 1.00. The Morgan fingerprint density at radius 1 is 1.00 bits per heavy atom. The highest BCUT2D eigenvalue weighted by atomic mass is 32.1. The SMILES string of the molecule is CC.CC1CCCC1.CS. The molecule has 10 heavy (non-hydrogen) atoms. The molecule has 0 saturated heterocycles.